The highest BCUT2D eigenvalue weighted by atomic mass is 35.5. The molecule has 0 aliphatic carbocycles. The van der Waals surface area contributed by atoms with E-state index >= 15 is 0 Å². The molecule has 1 atom stereocenters. The molecule has 0 fully saturated rings. The standard InChI is InChI=1S/C13H12ClN3O3/c14-8-2-1-3-12-15-11-6-9(17(19)20)4-5-10(11)13(18)16(12)7-8/h4-6,8H,1-3,7H2/t8-/m0/s1. The van der Waals surface area contributed by atoms with E-state index in [9.17, 15) is 14.9 Å². The molecule has 0 bridgehead atoms. The summed E-state index contributed by atoms with van der Waals surface area (Å²) in [6.45, 7) is 0.440. The van der Waals surface area contributed by atoms with Crippen LogP contribution < -0.4 is 5.56 Å². The summed E-state index contributed by atoms with van der Waals surface area (Å²) in [5.41, 5.74) is 0.147. The summed E-state index contributed by atoms with van der Waals surface area (Å²) in [4.78, 5) is 27.2. The largest absolute Gasteiger partial charge is 0.295 e. The molecule has 104 valence electrons. The summed E-state index contributed by atoms with van der Waals surface area (Å²) in [5.74, 6) is 0.658. The van der Waals surface area contributed by atoms with Crippen molar-refractivity contribution in [1.29, 1.82) is 0 Å². The molecule has 1 aromatic carbocycles. The SMILES string of the molecule is O=c1c2ccc([N+](=O)[O-])cc2nc2n1C[C@@H](Cl)CCC2. The third-order valence-electron chi connectivity index (χ3n) is 3.53. The van der Waals surface area contributed by atoms with Crippen molar-refractivity contribution < 1.29 is 4.92 Å². The number of hydrogen-bond acceptors (Lipinski definition) is 4. The van der Waals surface area contributed by atoms with Crippen molar-refractivity contribution in [3.05, 3.63) is 44.5 Å². The normalized spacial score (nSPS) is 18.6. The van der Waals surface area contributed by atoms with E-state index in [2.05, 4.69) is 4.98 Å². The zero-order valence-electron chi connectivity index (χ0n) is 10.6. The van der Waals surface area contributed by atoms with Gasteiger partial charge in [-0.25, -0.2) is 4.98 Å². The number of non-ortho nitro benzene ring substituents is 1. The van der Waals surface area contributed by atoms with Crippen LogP contribution in [0.3, 0.4) is 0 Å². The smallest absolute Gasteiger partial charge is 0.271 e. The number of benzene rings is 1. The zero-order valence-corrected chi connectivity index (χ0v) is 11.3. The monoisotopic (exact) mass is 293 g/mol. The molecule has 0 N–H and O–H groups in total. The van der Waals surface area contributed by atoms with Gasteiger partial charge >= 0.3 is 0 Å². The highest BCUT2D eigenvalue weighted by Crippen LogP contribution is 2.21. The van der Waals surface area contributed by atoms with Gasteiger partial charge in [-0.1, -0.05) is 0 Å². The zero-order chi connectivity index (χ0) is 14.3. The van der Waals surface area contributed by atoms with Crippen molar-refractivity contribution >= 4 is 28.2 Å². The van der Waals surface area contributed by atoms with E-state index < -0.39 is 4.92 Å². The second kappa shape index (κ2) is 4.86. The quantitative estimate of drug-likeness (QED) is 0.459. The van der Waals surface area contributed by atoms with Gasteiger partial charge in [0.2, 0.25) is 0 Å². The summed E-state index contributed by atoms with van der Waals surface area (Å²) >= 11 is 6.16. The van der Waals surface area contributed by atoms with E-state index in [-0.39, 0.29) is 16.6 Å². The average molecular weight is 294 g/mol. The van der Waals surface area contributed by atoms with E-state index in [0.717, 1.165) is 12.8 Å². The molecule has 7 heteroatoms. The van der Waals surface area contributed by atoms with Gasteiger partial charge in [0.1, 0.15) is 5.82 Å². The lowest BCUT2D eigenvalue weighted by molar-refractivity contribution is -0.384. The third kappa shape index (κ3) is 2.16. The fourth-order valence-corrected chi connectivity index (χ4v) is 2.81. The van der Waals surface area contributed by atoms with Crippen LogP contribution in [0.2, 0.25) is 0 Å². The van der Waals surface area contributed by atoms with Gasteiger partial charge in [0.05, 0.1) is 21.2 Å². The number of nitrogens with zero attached hydrogens (tertiary/aromatic N) is 3. The second-order valence-corrected chi connectivity index (χ2v) is 5.51. The maximum Gasteiger partial charge on any atom is 0.271 e. The number of nitro groups is 1. The minimum absolute atomic E-state index is 0.0572. The van der Waals surface area contributed by atoms with E-state index in [0.29, 0.717) is 29.7 Å². The first kappa shape index (κ1) is 13.1. The molecule has 0 spiro atoms. The Labute approximate surface area is 119 Å². The lowest BCUT2D eigenvalue weighted by Crippen LogP contribution is -2.27. The Kier molecular flexibility index (Phi) is 3.17. The minimum atomic E-state index is -0.487. The van der Waals surface area contributed by atoms with Gasteiger partial charge in [0, 0.05) is 25.1 Å². The molecule has 0 saturated carbocycles. The Morgan fingerprint density at radius 1 is 1.45 bits per heavy atom. The topological polar surface area (TPSA) is 78.0 Å². The van der Waals surface area contributed by atoms with Crippen molar-refractivity contribution in [2.45, 2.75) is 31.2 Å². The van der Waals surface area contributed by atoms with Gasteiger partial charge in [-0.15, -0.1) is 11.6 Å². The van der Waals surface area contributed by atoms with Gasteiger partial charge in [0.15, 0.2) is 0 Å². The predicted molar refractivity (Wildman–Crippen MR) is 75.2 cm³/mol. The van der Waals surface area contributed by atoms with Crippen LogP contribution in [0.4, 0.5) is 5.69 Å². The van der Waals surface area contributed by atoms with Crippen molar-refractivity contribution in [3.63, 3.8) is 0 Å². The summed E-state index contributed by atoms with van der Waals surface area (Å²) in [6, 6.07) is 4.14. The second-order valence-electron chi connectivity index (χ2n) is 4.89. The molecule has 6 nitrogen and oxygen atoms in total. The van der Waals surface area contributed by atoms with Gasteiger partial charge in [-0.2, -0.15) is 0 Å². The minimum Gasteiger partial charge on any atom is -0.295 e. The third-order valence-corrected chi connectivity index (χ3v) is 3.88. The van der Waals surface area contributed by atoms with E-state index in [1.54, 1.807) is 4.57 Å². The van der Waals surface area contributed by atoms with Crippen LogP contribution in [0.5, 0.6) is 0 Å². The number of alkyl halides is 1. The molecular weight excluding hydrogens is 282 g/mol. The molecule has 0 amide bonds. The molecule has 2 heterocycles. The molecule has 0 unspecified atom stereocenters. The number of nitro benzene ring substituents is 1. The molecule has 1 aliphatic heterocycles. The molecular formula is C13H12ClN3O3. The predicted octanol–water partition coefficient (Wildman–Crippen LogP) is 2.25. The number of fused-ring (bicyclic) bond motifs is 2. The Morgan fingerprint density at radius 2 is 2.25 bits per heavy atom. The van der Waals surface area contributed by atoms with Crippen LogP contribution in [0.1, 0.15) is 18.7 Å². The van der Waals surface area contributed by atoms with Gasteiger partial charge in [0.25, 0.3) is 11.2 Å². The van der Waals surface area contributed by atoms with E-state index in [1.807, 2.05) is 0 Å². The fourth-order valence-electron chi connectivity index (χ4n) is 2.52. The van der Waals surface area contributed by atoms with Crippen molar-refractivity contribution in [2.75, 3.05) is 0 Å². The average Bonchev–Trinajstić information content (AvgIpc) is 2.60. The molecule has 0 saturated heterocycles. The molecule has 1 aliphatic rings. The van der Waals surface area contributed by atoms with Gasteiger partial charge < -0.3 is 0 Å². The lowest BCUT2D eigenvalue weighted by Gasteiger charge is -2.11. The Balaban J connectivity index is 2.25. The van der Waals surface area contributed by atoms with Crippen molar-refractivity contribution in [2.24, 2.45) is 0 Å². The molecule has 1 aromatic heterocycles. The molecule has 3 rings (SSSR count). The Hall–Kier alpha value is -1.95. The van der Waals surface area contributed by atoms with Crippen molar-refractivity contribution in [3.8, 4) is 0 Å². The van der Waals surface area contributed by atoms with Crippen molar-refractivity contribution in [1.82, 2.24) is 9.55 Å². The van der Waals surface area contributed by atoms with Gasteiger partial charge in [-0.3, -0.25) is 19.5 Å². The number of halogens is 1. The van der Waals surface area contributed by atoms with Crippen LogP contribution in [0.15, 0.2) is 23.0 Å². The lowest BCUT2D eigenvalue weighted by atomic mass is 10.2. The van der Waals surface area contributed by atoms with Crippen LogP contribution >= 0.6 is 11.6 Å². The van der Waals surface area contributed by atoms with E-state index in [1.165, 1.54) is 18.2 Å². The number of hydrogen-bond donors (Lipinski definition) is 0. The Morgan fingerprint density at radius 3 is 3.00 bits per heavy atom. The molecule has 2 aromatic rings. The Bertz CT molecular complexity index is 756. The van der Waals surface area contributed by atoms with Crippen LogP contribution in [0.25, 0.3) is 10.9 Å². The summed E-state index contributed by atoms with van der Waals surface area (Å²) in [5, 5.41) is 11.1. The van der Waals surface area contributed by atoms with Crippen LogP contribution in [-0.4, -0.2) is 19.9 Å². The van der Waals surface area contributed by atoms with E-state index in [4.69, 9.17) is 11.6 Å². The number of aromatic nitrogens is 2. The maximum absolute atomic E-state index is 12.4. The molecule has 0 radical (unpaired) electrons. The van der Waals surface area contributed by atoms with Crippen LogP contribution in [-0.2, 0) is 13.0 Å². The summed E-state index contributed by atoms with van der Waals surface area (Å²) in [7, 11) is 0. The van der Waals surface area contributed by atoms with Crippen LogP contribution in [0, 0.1) is 10.1 Å². The highest BCUT2D eigenvalue weighted by Gasteiger charge is 2.19. The maximum atomic E-state index is 12.4. The summed E-state index contributed by atoms with van der Waals surface area (Å²) in [6.07, 6.45) is 2.36. The first-order valence-corrected chi connectivity index (χ1v) is 6.82. The number of aryl methyl sites for hydroxylation is 1. The highest BCUT2D eigenvalue weighted by molar-refractivity contribution is 6.20. The summed E-state index contributed by atoms with van der Waals surface area (Å²) < 4.78 is 1.60. The number of rotatable bonds is 1. The first-order valence-electron chi connectivity index (χ1n) is 6.38. The van der Waals surface area contributed by atoms with Gasteiger partial charge in [-0.05, 0) is 18.9 Å². The molecule has 20 heavy (non-hydrogen) atoms. The fraction of sp³-hybridized carbons (Fsp3) is 0.385. The first-order chi connectivity index (χ1) is 9.56.